The van der Waals surface area contributed by atoms with Crippen molar-refractivity contribution < 1.29 is 18.8 Å². The molecule has 0 saturated carbocycles. The highest BCUT2D eigenvalue weighted by atomic mass is 16.5. The molecule has 1 fully saturated rings. The van der Waals surface area contributed by atoms with Crippen LogP contribution in [0.15, 0.2) is 27.8 Å². The Morgan fingerprint density at radius 3 is 2.81 bits per heavy atom. The first-order chi connectivity index (χ1) is 10.1. The van der Waals surface area contributed by atoms with E-state index in [0.717, 1.165) is 25.9 Å². The molecule has 2 heterocycles. The molecule has 1 N–H and O–H groups in total. The van der Waals surface area contributed by atoms with E-state index in [-0.39, 0.29) is 5.76 Å². The number of furan rings is 1. The first kappa shape index (κ1) is 15.6. The maximum atomic E-state index is 12.0. The third-order valence-electron chi connectivity index (χ3n) is 3.86. The topological polar surface area (TPSA) is 59.5 Å². The van der Waals surface area contributed by atoms with Crippen molar-refractivity contribution in [3.05, 3.63) is 24.2 Å². The van der Waals surface area contributed by atoms with Gasteiger partial charge in [-0.25, -0.2) is 0 Å². The Labute approximate surface area is 125 Å². The normalized spacial score (nSPS) is 22.9. The minimum atomic E-state index is -0.408. The third kappa shape index (κ3) is 4.07. The quantitative estimate of drug-likeness (QED) is 0.648. The number of amidine groups is 1. The van der Waals surface area contributed by atoms with Crippen LogP contribution in [0.25, 0.3) is 0 Å². The molecule has 0 aliphatic carbocycles. The molecule has 1 aliphatic rings. The molecule has 116 valence electrons. The van der Waals surface area contributed by atoms with Crippen molar-refractivity contribution in [1.82, 2.24) is 4.90 Å². The number of carbonyl (C=O) groups is 1. The number of amides is 1. The van der Waals surface area contributed by atoms with Gasteiger partial charge in [-0.3, -0.25) is 4.79 Å². The first-order valence-corrected chi connectivity index (χ1v) is 7.45. The van der Waals surface area contributed by atoms with Crippen LogP contribution < -0.4 is 4.90 Å². The molecular formula is C15H24N3O3+. The van der Waals surface area contributed by atoms with Gasteiger partial charge in [0.25, 0.3) is 6.02 Å². The van der Waals surface area contributed by atoms with Gasteiger partial charge in [-0.05, 0) is 19.1 Å². The summed E-state index contributed by atoms with van der Waals surface area (Å²) in [6.45, 7) is 4.62. The molecule has 0 bridgehead atoms. The maximum absolute atomic E-state index is 12.0. The zero-order valence-electron chi connectivity index (χ0n) is 13.0. The molecule has 6 nitrogen and oxygen atoms in total. The van der Waals surface area contributed by atoms with E-state index in [0.29, 0.717) is 18.7 Å². The number of hydrogen-bond acceptors (Lipinski definition) is 3. The standard InChI is InChI=1S/C15H23N3O3/c1-4-20-15(16-14(19)13-6-5-11-21-13)18(3)12-7-9-17(2)10-8-12/h5-6,11-12H,4,7-10H2,1-3H3/p+1. The van der Waals surface area contributed by atoms with Crippen molar-refractivity contribution in [3.8, 4) is 0 Å². The van der Waals surface area contributed by atoms with Crippen molar-refractivity contribution in [2.45, 2.75) is 25.8 Å². The lowest BCUT2D eigenvalue weighted by Gasteiger charge is -2.34. The van der Waals surface area contributed by atoms with Gasteiger partial charge < -0.3 is 19.0 Å². The number of piperidine rings is 1. The number of carbonyl (C=O) groups excluding carboxylic acids is 1. The van der Waals surface area contributed by atoms with E-state index in [1.165, 1.54) is 6.26 Å². The molecule has 1 aliphatic heterocycles. The van der Waals surface area contributed by atoms with Gasteiger partial charge in [-0.2, -0.15) is 4.99 Å². The summed E-state index contributed by atoms with van der Waals surface area (Å²) in [5.74, 6) is -0.178. The van der Waals surface area contributed by atoms with Crippen LogP contribution in [0.5, 0.6) is 0 Å². The summed E-state index contributed by atoms with van der Waals surface area (Å²) in [6, 6.07) is 4.02. The summed E-state index contributed by atoms with van der Waals surface area (Å²) in [5, 5.41) is 0. The molecule has 0 atom stereocenters. The van der Waals surface area contributed by atoms with E-state index < -0.39 is 5.91 Å². The van der Waals surface area contributed by atoms with Gasteiger partial charge >= 0.3 is 5.91 Å². The molecule has 1 saturated heterocycles. The summed E-state index contributed by atoms with van der Waals surface area (Å²) in [4.78, 5) is 19.6. The van der Waals surface area contributed by atoms with E-state index in [1.807, 2.05) is 18.9 Å². The largest absolute Gasteiger partial charge is 0.465 e. The predicted molar refractivity (Wildman–Crippen MR) is 79.5 cm³/mol. The van der Waals surface area contributed by atoms with E-state index in [9.17, 15) is 4.79 Å². The summed E-state index contributed by atoms with van der Waals surface area (Å²) < 4.78 is 10.6. The Kier molecular flexibility index (Phi) is 5.38. The number of ether oxygens (including phenoxy) is 1. The minimum absolute atomic E-state index is 0.230. The molecule has 6 heteroatoms. The van der Waals surface area contributed by atoms with Crippen LogP contribution in [-0.2, 0) is 4.74 Å². The number of quaternary nitrogens is 1. The van der Waals surface area contributed by atoms with E-state index in [1.54, 1.807) is 17.0 Å². The number of likely N-dealkylation sites (tertiary alicyclic amines) is 1. The highest BCUT2D eigenvalue weighted by Crippen LogP contribution is 2.11. The summed E-state index contributed by atoms with van der Waals surface area (Å²) in [6.07, 6.45) is 3.61. The van der Waals surface area contributed by atoms with Gasteiger partial charge in [0.2, 0.25) is 0 Å². The lowest BCUT2D eigenvalue weighted by atomic mass is 10.0. The fourth-order valence-electron chi connectivity index (χ4n) is 2.52. The van der Waals surface area contributed by atoms with Crippen molar-refractivity contribution in [3.63, 3.8) is 0 Å². The molecule has 21 heavy (non-hydrogen) atoms. The van der Waals surface area contributed by atoms with Gasteiger partial charge in [-0.15, -0.1) is 0 Å². The van der Waals surface area contributed by atoms with E-state index in [4.69, 9.17) is 9.15 Å². The average molecular weight is 294 g/mol. The highest BCUT2D eigenvalue weighted by Gasteiger charge is 2.26. The molecule has 0 unspecified atom stereocenters. The third-order valence-corrected chi connectivity index (χ3v) is 3.86. The van der Waals surface area contributed by atoms with Crippen molar-refractivity contribution in [2.75, 3.05) is 33.8 Å². The Hall–Kier alpha value is -1.82. The molecule has 1 amide bonds. The molecule has 0 radical (unpaired) electrons. The molecule has 0 aromatic carbocycles. The number of rotatable bonds is 3. The van der Waals surface area contributed by atoms with Gasteiger partial charge in [0.1, 0.15) is 0 Å². The lowest BCUT2D eigenvalue weighted by Crippen LogP contribution is -3.10. The maximum Gasteiger partial charge on any atom is 0.317 e. The predicted octanol–water partition coefficient (Wildman–Crippen LogP) is 0.421. The second kappa shape index (κ2) is 7.26. The number of aliphatic imine (C=N–C) groups is 1. The first-order valence-electron chi connectivity index (χ1n) is 7.45. The molecule has 2 rings (SSSR count). The Morgan fingerprint density at radius 1 is 1.52 bits per heavy atom. The van der Waals surface area contributed by atoms with Gasteiger partial charge in [-0.1, -0.05) is 0 Å². The number of hydrogen-bond donors (Lipinski definition) is 1. The SMILES string of the molecule is CCOC(=NC(=O)c1ccco1)N(C)C1CC[NH+](C)CC1. The monoisotopic (exact) mass is 294 g/mol. The lowest BCUT2D eigenvalue weighted by molar-refractivity contribution is -0.885. The van der Waals surface area contributed by atoms with Crippen LogP contribution in [-0.4, -0.2) is 56.7 Å². The summed E-state index contributed by atoms with van der Waals surface area (Å²) >= 11 is 0. The van der Waals surface area contributed by atoms with Crippen LogP contribution >= 0.6 is 0 Å². The number of nitrogens with zero attached hydrogens (tertiary/aromatic N) is 2. The van der Waals surface area contributed by atoms with Gasteiger partial charge in [0, 0.05) is 25.9 Å². The minimum Gasteiger partial charge on any atom is -0.465 e. The van der Waals surface area contributed by atoms with Crippen molar-refractivity contribution in [1.29, 1.82) is 0 Å². The molecule has 0 spiro atoms. The van der Waals surface area contributed by atoms with Gasteiger partial charge in [0.05, 0.1) is 33.0 Å². The van der Waals surface area contributed by atoms with E-state index >= 15 is 0 Å². The number of nitrogens with one attached hydrogen (secondary N) is 1. The molecule has 1 aromatic heterocycles. The van der Waals surface area contributed by atoms with Gasteiger partial charge in [0.15, 0.2) is 5.76 Å². The fraction of sp³-hybridized carbons (Fsp3) is 0.600. The average Bonchev–Trinajstić information content (AvgIpc) is 3.01. The van der Waals surface area contributed by atoms with Crippen molar-refractivity contribution >= 4 is 11.9 Å². The van der Waals surface area contributed by atoms with Crippen LogP contribution in [0.1, 0.15) is 30.3 Å². The second-order valence-corrected chi connectivity index (χ2v) is 5.41. The second-order valence-electron chi connectivity index (χ2n) is 5.41. The van der Waals surface area contributed by atoms with Crippen LogP contribution in [0.4, 0.5) is 0 Å². The van der Waals surface area contributed by atoms with E-state index in [2.05, 4.69) is 12.0 Å². The van der Waals surface area contributed by atoms with Crippen LogP contribution in [0.3, 0.4) is 0 Å². The molecular weight excluding hydrogens is 270 g/mol. The highest BCUT2D eigenvalue weighted by molar-refractivity contribution is 5.99. The zero-order chi connectivity index (χ0) is 15.2. The summed E-state index contributed by atoms with van der Waals surface area (Å²) in [7, 11) is 4.14. The zero-order valence-corrected chi connectivity index (χ0v) is 13.0. The van der Waals surface area contributed by atoms with Crippen LogP contribution in [0.2, 0.25) is 0 Å². The molecule has 1 aromatic rings. The van der Waals surface area contributed by atoms with Crippen LogP contribution in [0, 0.1) is 0 Å². The Morgan fingerprint density at radius 2 is 2.24 bits per heavy atom. The fourth-order valence-corrected chi connectivity index (χ4v) is 2.52. The van der Waals surface area contributed by atoms with Crippen molar-refractivity contribution in [2.24, 2.45) is 4.99 Å². The Bertz CT molecular complexity index is 476. The Balaban J connectivity index is 2.08. The smallest absolute Gasteiger partial charge is 0.317 e. The summed E-state index contributed by atoms with van der Waals surface area (Å²) in [5.41, 5.74) is 0.